The third-order valence-corrected chi connectivity index (χ3v) is 6.62. The number of aromatic nitrogens is 3. The molecule has 0 bridgehead atoms. The predicted octanol–water partition coefficient (Wildman–Crippen LogP) is 2.69. The minimum absolute atomic E-state index is 0.0295. The van der Waals surface area contributed by atoms with Gasteiger partial charge in [0.15, 0.2) is 5.71 Å². The molecule has 4 heterocycles. The van der Waals surface area contributed by atoms with Gasteiger partial charge in [0.2, 0.25) is 0 Å². The number of nitrogens with zero attached hydrogens (tertiary/aromatic N) is 4. The molecule has 0 radical (unpaired) electrons. The number of rotatable bonds is 8. The van der Waals surface area contributed by atoms with E-state index in [-0.39, 0.29) is 17.2 Å². The lowest BCUT2D eigenvalue weighted by Gasteiger charge is -2.31. The predicted molar refractivity (Wildman–Crippen MR) is 140 cm³/mol. The van der Waals surface area contributed by atoms with Gasteiger partial charge in [-0.25, -0.2) is 0 Å². The second-order valence-electron chi connectivity index (χ2n) is 9.48. The first-order valence-electron chi connectivity index (χ1n) is 12.0. The lowest BCUT2D eigenvalue weighted by atomic mass is 10.0. The van der Waals surface area contributed by atoms with Crippen LogP contribution in [0.3, 0.4) is 0 Å². The number of carbonyl (C=O) groups is 2. The van der Waals surface area contributed by atoms with E-state index in [0.29, 0.717) is 29.2 Å². The molecule has 1 fully saturated rings. The number of nitrogens with two attached hydrogens (primary N) is 1. The number of carbonyl (C=O) groups excluding carboxylic acids is 2. The largest absolute Gasteiger partial charge is 0.367 e. The first-order chi connectivity index (χ1) is 17.3. The van der Waals surface area contributed by atoms with Gasteiger partial charge in [-0.3, -0.25) is 24.5 Å². The van der Waals surface area contributed by atoms with Crippen LogP contribution in [0.1, 0.15) is 48.4 Å². The Balaban J connectivity index is 1.40. The molecule has 3 aromatic heterocycles. The highest BCUT2D eigenvalue weighted by Gasteiger charge is 2.31. The fourth-order valence-corrected chi connectivity index (χ4v) is 4.40. The van der Waals surface area contributed by atoms with Crippen LogP contribution < -0.4 is 16.5 Å². The third-order valence-electron chi connectivity index (χ3n) is 6.62. The summed E-state index contributed by atoms with van der Waals surface area (Å²) in [4.78, 5) is 39.7. The van der Waals surface area contributed by atoms with Crippen LogP contribution in [0, 0.1) is 6.92 Å². The number of aryl methyl sites for hydroxylation is 1. The van der Waals surface area contributed by atoms with Crippen molar-refractivity contribution >= 4 is 23.2 Å². The zero-order valence-electron chi connectivity index (χ0n) is 20.8. The number of H-pyrrole nitrogens is 1. The molecule has 4 rings (SSSR count). The van der Waals surface area contributed by atoms with Crippen molar-refractivity contribution in [3.8, 4) is 11.1 Å². The zero-order chi connectivity index (χ0) is 25.7. The van der Waals surface area contributed by atoms with Crippen molar-refractivity contribution in [2.45, 2.75) is 39.2 Å². The first kappa shape index (κ1) is 25.1. The number of hydrogen-bond donors (Lipinski definition) is 4. The summed E-state index contributed by atoms with van der Waals surface area (Å²) in [6, 6.07) is 7.05. The molecule has 5 N–H and O–H groups in total. The SMILES string of the molecule is Cc1ncc(C(=O)NCCN2CCCC2(C)C)cc1NC(=O)C(=NN)c1ccc(-c2cc[nH]c2)cn1. The highest BCUT2D eigenvalue weighted by molar-refractivity contribution is 6.48. The molecule has 0 aliphatic carbocycles. The van der Waals surface area contributed by atoms with E-state index in [9.17, 15) is 9.59 Å². The van der Waals surface area contributed by atoms with Gasteiger partial charge in [0, 0.05) is 54.5 Å². The van der Waals surface area contributed by atoms with Crippen molar-refractivity contribution in [2.75, 3.05) is 25.0 Å². The van der Waals surface area contributed by atoms with Gasteiger partial charge in [-0.2, -0.15) is 5.10 Å². The van der Waals surface area contributed by atoms with E-state index in [1.807, 2.05) is 24.5 Å². The molecular weight excluding hydrogens is 456 g/mol. The molecule has 0 spiro atoms. The number of likely N-dealkylation sites (tertiary alicyclic amines) is 1. The Kier molecular flexibility index (Phi) is 7.44. The van der Waals surface area contributed by atoms with Crippen molar-refractivity contribution in [3.05, 3.63) is 66.0 Å². The van der Waals surface area contributed by atoms with Gasteiger partial charge in [0.25, 0.3) is 11.8 Å². The molecule has 188 valence electrons. The molecule has 0 saturated carbocycles. The summed E-state index contributed by atoms with van der Waals surface area (Å²) >= 11 is 0. The zero-order valence-corrected chi connectivity index (χ0v) is 20.8. The molecular formula is C26H32N8O2. The van der Waals surface area contributed by atoms with Gasteiger partial charge >= 0.3 is 0 Å². The average Bonchev–Trinajstić information content (AvgIpc) is 3.51. The van der Waals surface area contributed by atoms with Crippen LogP contribution in [0.15, 0.2) is 54.2 Å². The quantitative estimate of drug-likeness (QED) is 0.218. The highest BCUT2D eigenvalue weighted by Crippen LogP contribution is 2.27. The Bertz CT molecular complexity index is 1250. The van der Waals surface area contributed by atoms with Crippen molar-refractivity contribution in [1.82, 2.24) is 25.2 Å². The van der Waals surface area contributed by atoms with E-state index < -0.39 is 5.91 Å². The molecule has 0 unspecified atom stereocenters. The molecule has 10 heteroatoms. The maximum atomic E-state index is 13.0. The molecule has 0 aromatic carbocycles. The summed E-state index contributed by atoms with van der Waals surface area (Å²) in [5.41, 5.74) is 3.65. The number of nitrogens with one attached hydrogen (secondary N) is 3. The van der Waals surface area contributed by atoms with Crippen molar-refractivity contribution in [3.63, 3.8) is 0 Å². The Morgan fingerprint density at radius 1 is 1.19 bits per heavy atom. The number of anilines is 1. The van der Waals surface area contributed by atoms with Gasteiger partial charge in [0.05, 0.1) is 22.6 Å². The summed E-state index contributed by atoms with van der Waals surface area (Å²) in [5, 5.41) is 9.37. The molecule has 1 saturated heterocycles. The summed E-state index contributed by atoms with van der Waals surface area (Å²) in [6.07, 6.45) is 9.16. The number of pyridine rings is 2. The number of aromatic amines is 1. The van der Waals surface area contributed by atoms with Gasteiger partial charge < -0.3 is 21.5 Å². The molecule has 1 aliphatic heterocycles. The topological polar surface area (TPSA) is 141 Å². The Morgan fingerprint density at radius 3 is 2.67 bits per heavy atom. The van der Waals surface area contributed by atoms with Gasteiger partial charge in [0.1, 0.15) is 0 Å². The standard InChI is InChI=1S/C26H32N8O2/c1-17-22(13-20(16-30-17)24(35)29-10-12-34-11-4-8-26(34,2)3)32-25(36)23(33-27)21-6-5-18(15-31-21)19-7-9-28-14-19/h5-7,9,13-16,28H,4,8,10-12,27H2,1-3H3,(H,29,35)(H,32,36). The maximum absolute atomic E-state index is 13.0. The van der Waals surface area contributed by atoms with Crippen LogP contribution in [0.25, 0.3) is 11.1 Å². The number of hydrogen-bond acceptors (Lipinski definition) is 7. The summed E-state index contributed by atoms with van der Waals surface area (Å²) < 4.78 is 0. The number of amides is 2. The van der Waals surface area contributed by atoms with Crippen LogP contribution in [0.5, 0.6) is 0 Å². The van der Waals surface area contributed by atoms with Gasteiger partial charge in [-0.05, 0) is 58.4 Å². The first-order valence-corrected chi connectivity index (χ1v) is 12.0. The molecule has 2 amide bonds. The van der Waals surface area contributed by atoms with Crippen LogP contribution in [-0.4, -0.2) is 62.6 Å². The van der Waals surface area contributed by atoms with E-state index in [1.54, 1.807) is 25.3 Å². The third kappa shape index (κ3) is 5.60. The van der Waals surface area contributed by atoms with Crippen molar-refractivity contribution in [1.29, 1.82) is 0 Å². The highest BCUT2D eigenvalue weighted by atomic mass is 16.2. The maximum Gasteiger partial charge on any atom is 0.278 e. The van der Waals surface area contributed by atoms with E-state index in [4.69, 9.17) is 5.84 Å². The van der Waals surface area contributed by atoms with Crippen LogP contribution in [0.2, 0.25) is 0 Å². The second kappa shape index (κ2) is 10.7. The molecule has 36 heavy (non-hydrogen) atoms. The second-order valence-corrected chi connectivity index (χ2v) is 9.48. The Hall–Kier alpha value is -4.05. The fraction of sp³-hybridized carbons (Fsp3) is 0.346. The summed E-state index contributed by atoms with van der Waals surface area (Å²) in [7, 11) is 0. The molecule has 0 atom stereocenters. The van der Waals surface area contributed by atoms with E-state index in [0.717, 1.165) is 30.6 Å². The summed E-state index contributed by atoms with van der Waals surface area (Å²) in [6.45, 7) is 8.56. The van der Waals surface area contributed by atoms with E-state index in [2.05, 4.69) is 49.4 Å². The van der Waals surface area contributed by atoms with E-state index >= 15 is 0 Å². The van der Waals surface area contributed by atoms with Gasteiger partial charge in [-0.15, -0.1) is 0 Å². The minimum Gasteiger partial charge on any atom is -0.367 e. The van der Waals surface area contributed by atoms with Crippen LogP contribution >= 0.6 is 0 Å². The lowest BCUT2D eigenvalue weighted by Crippen LogP contribution is -2.43. The van der Waals surface area contributed by atoms with Crippen molar-refractivity contribution < 1.29 is 9.59 Å². The molecule has 10 nitrogen and oxygen atoms in total. The summed E-state index contributed by atoms with van der Waals surface area (Å²) in [5.74, 6) is 4.74. The molecule has 1 aliphatic rings. The Morgan fingerprint density at radius 2 is 2.03 bits per heavy atom. The average molecular weight is 489 g/mol. The Labute approximate surface area is 210 Å². The van der Waals surface area contributed by atoms with Crippen molar-refractivity contribution in [2.24, 2.45) is 10.9 Å². The smallest absolute Gasteiger partial charge is 0.278 e. The lowest BCUT2D eigenvalue weighted by molar-refractivity contribution is -0.110. The monoisotopic (exact) mass is 488 g/mol. The van der Waals surface area contributed by atoms with E-state index in [1.165, 1.54) is 12.6 Å². The fourth-order valence-electron chi connectivity index (χ4n) is 4.40. The van der Waals surface area contributed by atoms with Crippen LogP contribution in [-0.2, 0) is 4.79 Å². The minimum atomic E-state index is -0.543. The normalized spacial score (nSPS) is 15.6. The molecule has 3 aromatic rings. The number of hydrazone groups is 1. The van der Waals surface area contributed by atoms with Gasteiger partial charge in [-0.1, -0.05) is 6.07 Å². The van der Waals surface area contributed by atoms with Crippen LogP contribution in [0.4, 0.5) is 5.69 Å².